The molecule has 0 spiro atoms. The molecular weight excluding hydrogens is 659 g/mol. The van der Waals surface area contributed by atoms with Crippen LogP contribution in [0, 0.1) is 0 Å². The number of amides is 1. The van der Waals surface area contributed by atoms with Crippen molar-refractivity contribution in [3.8, 4) is 0 Å². The fourth-order valence-electron chi connectivity index (χ4n) is 6.62. The van der Waals surface area contributed by atoms with Crippen molar-refractivity contribution in [3.05, 3.63) is 48.6 Å². The van der Waals surface area contributed by atoms with E-state index < -0.39 is 18.2 Å². The van der Waals surface area contributed by atoms with Crippen molar-refractivity contribution in [2.24, 2.45) is 0 Å². The van der Waals surface area contributed by atoms with Crippen molar-refractivity contribution in [2.75, 3.05) is 6.61 Å². The number of carbonyl (C=O) groups excluding carboxylic acids is 2. The van der Waals surface area contributed by atoms with Gasteiger partial charge in [0, 0.05) is 6.42 Å². The van der Waals surface area contributed by atoms with E-state index in [-0.39, 0.29) is 24.9 Å². The highest BCUT2D eigenvalue weighted by Crippen LogP contribution is 2.17. The van der Waals surface area contributed by atoms with Gasteiger partial charge in [0.25, 0.3) is 0 Å². The third kappa shape index (κ3) is 36.6. The van der Waals surface area contributed by atoms with E-state index in [4.69, 9.17) is 4.74 Å². The topological polar surface area (TPSA) is 95.9 Å². The summed E-state index contributed by atoms with van der Waals surface area (Å²) in [7, 11) is 0. The van der Waals surface area contributed by atoms with Gasteiger partial charge in [-0.25, -0.2) is 0 Å². The summed E-state index contributed by atoms with van der Waals surface area (Å²) in [6.45, 7) is 6.30. The number of unbranched alkanes of at least 4 members (excludes halogenated alkanes) is 22. The minimum atomic E-state index is -0.790. The molecule has 53 heavy (non-hydrogen) atoms. The van der Waals surface area contributed by atoms with Crippen LogP contribution in [0.3, 0.4) is 0 Å². The summed E-state index contributed by atoms with van der Waals surface area (Å²) in [6, 6.07) is -0.705. The van der Waals surface area contributed by atoms with Crippen LogP contribution in [0.25, 0.3) is 0 Å². The number of carbonyl (C=O) groups is 2. The highest BCUT2D eigenvalue weighted by Gasteiger charge is 2.24. The number of nitrogens with one attached hydrogen (secondary N) is 1. The van der Waals surface area contributed by atoms with Gasteiger partial charge < -0.3 is 20.3 Å². The molecule has 0 aliphatic carbocycles. The predicted octanol–water partition coefficient (Wildman–Crippen LogP) is 12.7. The molecule has 6 heteroatoms. The normalized spacial score (nSPS) is 13.8. The minimum absolute atomic E-state index is 0.0629. The first-order chi connectivity index (χ1) is 26.0. The standard InChI is InChI=1S/C47H85NO5/c1-4-7-10-13-16-19-21-23-25-28-31-34-37-40-47(52)53-43(38-35-32-29-27-24-22-20-17-14-11-8-5-2)41-46(51)48-44(42-49)45(50)39-36-33-30-26-18-15-12-9-6-3/h7,10,13,16,19,21,23,25,43-45,49-50H,4-6,8-9,11-12,14-15,17-18,20,22,24,26-42H2,1-3H3,(H,48,51)/b10-7+,16-13+,21-19-,25-23-. The molecule has 3 unspecified atom stereocenters. The number of rotatable bonds is 39. The molecular formula is C47H85NO5. The quantitative estimate of drug-likeness (QED) is 0.0331. The van der Waals surface area contributed by atoms with Crippen molar-refractivity contribution < 1.29 is 24.5 Å². The molecule has 0 saturated heterocycles. The van der Waals surface area contributed by atoms with Gasteiger partial charge in [0.1, 0.15) is 6.10 Å². The number of allylic oxidation sites excluding steroid dienone is 8. The summed E-state index contributed by atoms with van der Waals surface area (Å²) in [4.78, 5) is 25.9. The van der Waals surface area contributed by atoms with Crippen LogP contribution in [0.15, 0.2) is 48.6 Å². The molecule has 0 aromatic heterocycles. The van der Waals surface area contributed by atoms with Gasteiger partial charge in [-0.05, 0) is 44.9 Å². The average molecular weight is 744 g/mol. The van der Waals surface area contributed by atoms with Gasteiger partial charge in [-0.15, -0.1) is 0 Å². The third-order valence-electron chi connectivity index (χ3n) is 10.0. The zero-order valence-corrected chi connectivity index (χ0v) is 34.9. The number of ether oxygens (including phenoxy) is 1. The second-order valence-corrected chi connectivity index (χ2v) is 15.2. The Hall–Kier alpha value is -2.18. The number of aliphatic hydroxyl groups is 2. The van der Waals surface area contributed by atoms with Crippen molar-refractivity contribution in [2.45, 2.75) is 232 Å². The van der Waals surface area contributed by atoms with E-state index in [0.29, 0.717) is 19.3 Å². The van der Waals surface area contributed by atoms with Gasteiger partial charge in [0.15, 0.2) is 0 Å². The Morgan fingerprint density at radius 2 is 1.02 bits per heavy atom. The van der Waals surface area contributed by atoms with E-state index >= 15 is 0 Å². The van der Waals surface area contributed by atoms with Gasteiger partial charge in [-0.2, -0.15) is 0 Å². The second kappa shape index (κ2) is 41.0. The molecule has 3 atom stereocenters. The van der Waals surface area contributed by atoms with Crippen LogP contribution >= 0.6 is 0 Å². The molecule has 0 aliphatic rings. The molecule has 0 saturated carbocycles. The maximum atomic E-state index is 13.1. The number of hydrogen-bond donors (Lipinski definition) is 3. The fraction of sp³-hybridized carbons (Fsp3) is 0.787. The zero-order valence-electron chi connectivity index (χ0n) is 34.9. The molecule has 0 aromatic carbocycles. The van der Waals surface area contributed by atoms with Gasteiger partial charge in [-0.3, -0.25) is 9.59 Å². The van der Waals surface area contributed by atoms with Crippen molar-refractivity contribution >= 4 is 11.9 Å². The molecule has 0 bridgehead atoms. The van der Waals surface area contributed by atoms with Gasteiger partial charge in [-0.1, -0.05) is 204 Å². The molecule has 1 amide bonds. The Morgan fingerprint density at radius 1 is 0.566 bits per heavy atom. The summed E-state index contributed by atoms with van der Waals surface area (Å²) in [5.74, 6) is -0.520. The lowest BCUT2D eigenvalue weighted by molar-refractivity contribution is -0.151. The number of esters is 1. The maximum absolute atomic E-state index is 13.1. The Bertz CT molecular complexity index is 926. The van der Waals surface area contributed by atoms with E-state index in [9.17, 15) is 19.8 Å². The molecule has 6 nitrogen and oxygen atoms in total. The van der Waals surface area contributed by atoms with E-state index in [1.165, 1.54) is 96.3 Å². The summed E-state index contributed by atoms with van der Waals surface area (Å²) in [5, 5.41) is 23.6. The third-order valence-corrected chi connectivity index (χ3v) is 10.0. The molecule has 0 aromatic rings. The minimum Gasteiger partial charge on any atom is -0.462 e. The summed E-state index contributed by atoms with van der Waals surface area (Å²) >= 11 is 0. The van der Waals surface area contributed by atoms with E-state index in [1.807, 2.05) is 30.4 Å². The largest absolute Gasteiger partial charge is 0.462 e. The lowest BCUT2D eigenvalue weighted by atomic mass is 10.0. The Kier molecular flexibility index (Phi) is 39.3. The molecule has 308 valence electrons. The average Bonchev–Trinajstić information content (AvgIpc) is 3.15. The van der Waals surface area contributed by atoms with Crippen LogP contribution < -0.4 is 5.32 Å². The van der Waals surface area contributed by atoms with Crippen molar-refractivity contribution in [3.63, 3.8) is 0 Å². The monoisotopic (exact) mass is 744 g/mol. The summed E-state index contributed by atoms with van der Waals surface area (Å²) < 4.78 is 5.88. The lowest BCUT2D eigenvalue weighted by Gasteiger charge is -2.24. The Balaban J connectivity index is 4.67. The number of hydrogen-bond acceptors (Lipinski definition) is 5. The lowest BCUT2D eigenvalue weighted by Crippen LogP contribution is -2.46. The van der Waals surface area contributed by atoms with Crippen LogP contribution in [0.4, 0.5) is 0 Å². The second-order valence-electron chi connectivity index (χ2n) is 15.2. The van der Waals surface area contributed by atoms with Crippen molar-refractivity contribution in [1.29, 1.82) is 0 Å². The van der Waals surface area contributed by atoms with E-state index in [2.05, 4.69) is 44.3 Å². The Labute approximate surface area is 327 Å². The van der Waals surface area contributed by atoms with Crippen LogP contribution in [0.1, 0.15) is 213 Å². The van der Waals surface area contributed by atoms with E-state index in [1.54, 1.807) is 0 Å². The fourth-order valence-corrected chi connectivity index (χ4v) is 6.62. The SMILES string of the molecule is CC/C=C/C=C/C=C\C=C/CCCCCC(=O)OC(CCCCCCCCCCCCCC)CC(=O)NC(CO)C(O)CCCCCCCCCCC. The van der Waals surface area contributed by atoms with Gasteiger partial charge in [0.05, 0.1) is 25.2 Å². The van der Waals surface area contributed by atoms with Crippen LogP contribution in [0.5, 0.6) is 0 Å². The van der Waals surface area contributed by atoms with Crippen LogP contribution in [-0.2, 0) is 14.3 Å². The van der Waals surface area contributed by atoms with Gasteiger partial charge >= 0.3 is 5.97 Å². The molecule has 0 heterocycles. The van der Waals surface area contributed by atoms with Gasteiger partial charge in [0.2, 0.25) is 5.91 Å². The first kappa shape index (κ1) is 50.8. The molecule has 0 aliphatic heterocycles. The molecule has 0 rings (SSSR count). The summed E-state index contributed by atoms with van der Waals surface area (Å²) in [6.07, 6.45) is 47.4. The zero-order chi connectivity index (χ0) is 38.9. The Morgan fingerprint density at radius 3 is 1.53 bits per heavy atom. The molecule has 0 fully saturated rings. The number of aliphatic hydroxyl groups excluding tert-OH is 2. The van der Waals surface area contributed by atoms with Crippen LogP contribution in [0.2, 0.25) is 0 Å². The summed E-state index contributed by atoms with van der Waals surface area (Å²) in [5.41, 5.74) is 0. The maximum Gasteiger partial charge on any atom is 0.306 e. The molecule has 3 N–H and O–H groups in total. The first-order valence-corrected chi connectivity index (χ1v) is 22.4. The van der Waals surface area contributed by atoms with E-state index in [0.717, 1.165) is 70.6 Å². The highest BCUT2D eigenvalue weighted by molar-refractivity contribution is 5.77. The van der Waals surface area contributed by atoms with Crippen molar-refractivity contribution in [1.82, 2.24) is 5.32 Å². The first-order valence-electron chi connectivity index (χ1n) is 22.4. The predicted molar refractivity (Wildman–Crippen MR) is 227 cm³/mol. The smallest absolute Gasteiger partial charge is 0.306 e. The highest BCUT2D eigenvalue weighted by atomic mass is 16.5. The molecule has 0 radical (unpaired) electrons. The van der Waals surface area contributed by atoms with Crippen LogP contribution in [-0.4, -0.2) is 46.9 Å².